The molecule has 0 bridgehead atoms. The monoisotopic (exact) mass is 476 g/mol. The molecule has 4 rings (SSSR count). The van der Waals surface area contributed by atoms with Crippen LogP contribution in [0.15, 0.2) is 52.3 Å². The molecule has 164 valence electrons. The van der Waals surface area contributed by atoms with Gasteiger partial charge in [0.1, 0.15) is 0 Å². The number of benzene rings is 2. The number of sulfone groups is 1. The van der Waals surface area contributed by atoms with Crippen LogP contribution in [0.4, 0.5) is 5.13 Å². The van der Waals surface area contributed by atoms with E-state index in [4.69, 9.17) is 4.74 Å². The summed E-state index contributed by atoms with van der Waals surface area (Å²) >= 11 is 3.00. The smallest absolute Gasteiger partial charge is 0.233 e. The first-order valence-electron chi connectivity index (χ1n) is 9.99. The number of hydrogen-bond donors (Lipinski definition) is 0. The number of aromatic nitrogens is 1. The fourth-order valence-corrected chi connectivity index (χ4v) is 5.69. The maximum atomic E-state index is 13.3. The van der Waals surface area contributed by atoms with Crippen LogP contribution < -0.4 is 4.90 Å². The van der Waals surface area contributed by atoms with Crippen molar-refractivity contribution in [3.05, 3.63) is 48.0 Å². The third kappa shape index (κ3) is 5.28. The van der Waals surface area contributed by atoms with Crippen molar-refractivity contribution in [3.63, 3.8) is 0 Å². The summed E-state index contributed by atoms with van der Waals surface area (Å²) in [7, 11) is -3.31. The van der Waals surface area contributed by atoms with Crippen LogP contribution in [0.5, 0.6) is 0 Å². The molecule has 2 aromatic carbocycles. The van der Waals surface area contributed by atoms with Crippen LogP contribution in [0.2, 0.25) is 0 Å². The third-order valence-electron chi connectivity index (χ3n) is 5.23. The molecule has 3 aromatic rings. The molecule has 0 aliphatic carbocycles. The Hall–Kier alpha value is -1.94. The number of amides is 1. The molecule has 0 spiro atoms. The average Bonchev–Trinajstić information content (AvgIpc) is 3.40. The van der Waals surface area contributed by atoms with E-state index in [0.29, 0.717) is 23.8 Å². The van der Waals surface area contributed by atoms with E-state index in [1.54, 1.807) is 34.9 Å². The molecule has 1 atom stereocenters. The average molecular weight is 477 g/mol. The van der Waals surface area contributed by atoms with Gasteiger partial charge < -0.3 is 4.74 Å². The molecule has 6 nitrogen and oxygen atoms in total. The van der Waals surface area contributed by atoms with Gasteiger partial charge in [0.05, 0.1) is 34.2 Å². The molecule has 1 aliphatic rings. The summed E-state index contributed by atoms with van der Waals surface area (Å²) in [5, 5.41) is 0.571. The van der Waals surface area contributed by atoms with E-state index >= 15 is 0 Å². The molecule has 1 amide bonds. The van der Waals surface area contributed by atoms with E-state index in [9.17, 15) is 13.2 Å². The van der Waals surface area contributed by atoms with Crippen molar-refractivity contribution < 1.29 is 17.9 Å². The summed E-state index contributed by atoms with van der Waals surface area (Å²) in [4.78, 5) is 21.0. The normalized spacial score (nSPS) is 16.6. The van der Waals surface area contributed by atoms with Crippen molar-refractivity contribution in [1.82, 2.24) is 4.98 Å². The zero-order chi connectivity index (χ0) is 22.0. The van der Waals surface area contributed by atoms with Gasteiger partial charge in [0.25, 0.3) is 0 Å². The number of hydrogen-bond acceptors (Lipinski definition) is 7. The topological polar surface area (TPSA) is 76.6 Å². The number of nitrogens with zero attached hydrogens (tertiary/aromatic N) is 2. The predicted octanol–water partition coefficient (Wildman–Crippen LogP) is 4.18. The van der Waals surface area contributed by atoms with Crippen molar-refractivity contribution in [2.45, 2.75) is 35.2 Å². The molecule has 1 unspecified atom stereocenters. The van der Waals surface area contributed by atoms with E-state index < -0.39 is 9.84 Å². The van der Waals surface area contributed by atoms with Gasteiger partial charge in [0.2, 0.25) is 5.91 Å². The molecule has 0 N–H and O–H groups in total. The largest absolute Gasteiger partial charge is 0.376 e. The number of anilines is 1. The summed E-state index contributed by atoms with van der Waals surface area (Å²) in [6.07, 6.45) is 5.36. The number of rotatable bonds is 7. The Morgan fingerprint density at radius 2 is 2.03 bits per heavy atom. The van der Waals surface area contributed by atoms with Crippen LogP contribution in [0, 0.1) is 0 Å². The van der Waals surface area contributed by atoms with E-state index in [0.717, 1.165) is 28.0 Å². The third-order valence-corrected chi connectivity index (χ3v) is 8.13. The van der Waals surface area contributed by atoms with Crippen LogP contribution in [0.25, 0.3) is 10.2 Å². The van der Waals surface area contributed by atoms with Gasteiger partial charge in [-0.2, -0.15) is 0 Å². The van der Waals surface area contributed by atoms with Gasteiger partial charge in [0, 0.05) is 17.8 Å². The van der Waals surface area contributed by atoms with Crippen molar-refractivity contribution in [2.24, 2.45) is 0 Å². The molecule has 31 heavy (non-hydrogen) atoms. The lowest BCUT2D eigenvalue weighted by atomic mass is 10.1. The zero-order valence-corrected chi connectivity index (χ0v) is 19.9. The SMILES string of the molecule is CSc1ccc(CC(=O)N(CC2CCCO2)c2nc3ccc(S(C)(=O)=O)cc3s2)cc1. The van der Waals surface area contributed by atoms with Gasteiger partial charge in [-0.25, -0.2) is 13.4 Å². The van der Waals surface area contributed by atoms with E-state index in [2.05, 4.69) is 4.98 Å². The Bertz CT molecular complexity index is 1180. The highest BCUT2D eigenvalue weighted by Crippen LogP contribution is 2.32. The van der Waals surface area contributed by atoms with Gasteiger partial charge in [-0.1, -0.05) is 23.5 Å². The Labute approximate surface area is 190 Å². The quantitative estimate of drug-likeness (QED) is 0.476. The second kappa shape index (κ2) is 9.28. The summed E-state index contributed by atoms with van der Waals surface area (Å²) in [5.74, 6) is -0.0465. The predicted molar refractivity (Wildman–Crippen MR) is 126 cm³/mol. The molecule has 1 fully saturated rings. The van der Waals surface area contributed by atoms with Gasteiger partial charge in [0.15, 0.2) is 15.0 Å². The van der Waals surface area contributed by atoms with Crippen LogP contribution in [0.3, 0.4) is 0 Å². The minimum Gasteiger partial charge on any atom is -0.376 e. The number of ether oxygens (including phenoxy) is 1. The van der Waals surface area contributed by atoms with Crippen molar-refractivity contribution >= 4 is 54.2 Å². The number of fused-ring (bicyclic) bond motifs is 1. The van der Waals surface area contributed by atoms with Gasteiger partial charge in [-0.05, 0) is 55.0 Å². The van der Waals surface area contributed by atoms with E-state index in [-0.39, 0.29) is 23.3 Å². The fourth-order valence-electron chi connectivity index (χ4n) is 3.53. The first-order chi connectivity index (χ1) is 14.8. The highest BCUT2D eigenvalue weighted by atomic mass is 32.2. The Morgan fingerprint density at radius 1 is 1.26 bits per heavy atom. The lowest BCUT2D eigenvalue weighted by molar-refractivity contribution is -0.118. The second-order valence-electron chi connectivity index (χ2n) is 7.56. The Balaban J connectivity index is 1.64. The van der Waals surface area contributed by atoms with Crippen molar-refractivity contribution in [3.8, 4) is 0 Å². The molecule has 1 aliphatic heterocycles. The number of thiazole rings is 1. The summed E-state index contributed by atoms with van der Waals surface area (Å²) in [6, 6.07) is 12.9. The molecule has 2 heterocycles. The summed E-state index contributed by atoms with van der Waals surface area (Å²) < 4.78 is 30.3. The lowest BCUT2D eigenvalue weighted by Gasteiger charge is -2.23. The summed E-state index contributed by atoms with van der Waals surface area (Å²) in [5.41, 5.74) is 1.63. The minimum atomic E-state index is -3.31. The van der Waals surface area contributed by atoms with Gasteiger partial charge in [-0.15, -0.1) is 11.8 Å². The fraction of sp³-hybridized carbons (Fsp3) is 0.364. The van der Waals surface area contributed by atoms with Crippen LogP contribution in [0.1, 0.15) is 18.4 Å². The molecule has 0 radical (unpaired) electrons. The van der Waals surface area contributed by atoms with Gasteiger partial charge in [-0.3, -0.25) is 9.69 Å². The van der Waals surface area contributed by atoms with Crippen molar-refractivity contribution in [1.29, 1.82) is 0 Å². The molecular formula is C22H24N2O4S3. The van der Waals surface area contributed by atoms with Crippen LogP contribution >= 0.6 is 23.1 Å². The summed E-state index contributed by atoms with van der Waals surface area (Å²) in [6.45, 7) is 1.15. The Morgan fingerprint density at radius 3 is 2.68 bits per heavy atom. The maximum Gasteiger partial charge on any atom is 0.233 e. The van der Waals surface area contributed by atoms with Crippen LogP contribution in [-0.2, 0) is 25.8 Å². The highest BCUT2D eigenvalue weighted by Gasteiger charge is 2.26. The first-order valence-corrected chi connectivity index (χ1v) is 13.9. The van der Waals surface area contributed by atoms with E-state index in [1.807, 2.05) is 30.5 Å². The highest BCUT2D eigenvalue weighted by molar-refractivity contribution is 7.98. The Kier molecular flexibility index (Phi) is 6.66. The molecular weight excluding hydrogens is 452 g/mol. The molecule has 0 saturated carbocycles. The maximum absolute atomic E-state index is 13.3. The second-order valence-corrected chi connectivity index (χ2v) is 11.5. The van der Waals surface area contributed by atoms with E-state index in [1.165, 1.54) is 17.6 Å². The molecule has 1 saturated heterocycles. The minimum absolute atomic E-state index is 0.0126. The number of carbonyl (C=O) groups excluding carboxylic acids is 1. The zero-order valence-electron chi connectivity index (χ0n) is 17.4. The van der Waals surface area contributed by atoms with Crippen molar-refractivity contribution in [2.75, 3.05) is 30.6 Å². The number of thioether (sulfide) groups is 1. The standard InChI is InChI=1S/C22H24N2O4S3/c1-29-17-7-5-15(6-8-17)12-21(25)24(14-16-4-3-11-28-16)22-23-19-10-9-18(31(2,26)27)13-20(19)30-22/h5-10,13,16H,3-4,11-12,14H2,1-2H3. The molecule has 1 aromatic heterocycles. The first kappa shape index (κ1) is 22.3. The molecule has 9 heteroatoms. The van der Waals surface area contributed by atoms with Gasteiger partial charge >= 0.3 is 0 Å². The number of carbonyl (C=O) groups is 1. The van der Waals surface area contributed by atoms with Crippen LogP contribution in [-0.4, -0.2) is 51.1 Å². The lowest BCUT2D eigenvalue weighted by Crippen LogP contribution is -2.38.